The fraction of sp³-hybridized carbons (Fsp3) is 0.133. The van der Waals surface area contributed by atoms with Gasteiger partial charge in [0.25, 0.3) is 5.91 Å². The Balaban J connectivity index is 1.79. The lowest BCUT2D eigenvalue weighted by Gasteiger charge is -2.06. The van der Waals surface area contributed by atoms with Crippen molar-refractivity contribution in [2.75, 3.05) is 12.3 Å². The minimum absolute atomic E-state index is 0.141. The highest BCUT2D eigenvalue weighted by Crippen LogP contribution is 2.22. The van der Waals surface area contributed by atoms with Crippen LogP contribution in [-0.2, 0) is 0 Å². The number of thioether (sulfide) groups is 1. The standard InChI is InChI=1S/C15H13Cl2NOS/c16-13-7-6-11(10-14(13)17)15(19)18-8-9-20-12-4-2-1-3-5-12/h1-7,10H,8-9H2,(H,18,19). The molecule has 0 aliphatic carbocycles. The average Bonchev–Trinajstić information content (AvgIpc) is 2.47. The zero-order valence-corrected chi connectivity index (χ0v) is 12.9. The molecule has 0 aromatic heterocycles. The number of carbonyl (C=O) groups excluding carboxylic acids is 1. The Bertz CT molecular complexity index is 590. The van der Waals surface area contributed by atoms with Crippen LogP contribution in [0, 0.1) is 0 Å². The molecule has 0 atom stereocenters. The van der Waals surface area contributed by atoms with E-state index in [4.69, 9.17) is 23.2 Å². The van der Waals surface area contributed by atoms with E-state index in [1.807, 2.05) is 30.3 Å². The van der Waals surface area contributed by atoms with Gasteiger partial charge in [-0.3, -0.25) is 4.79 Å². The lowest BCUT2D eigenvalue weighted by molar-refractivity contribution is 0.0956. The van der Waals surface area contributed by atoms with Crippen LogP contribution in [0.2, 0.25) is 10.0 Å². The van der Waals surface area contributed by atoms with Gasteiger partial charge in [0, 0.05) is 22.8 Å². The summed E-state index contributed by atoms with van der Waals surface area (Å²) >= 11 is 13.4. The first kappa shape index (κ1) is 15.2. The third kappa shape index (κ3) is 4.44. The van der Waals surface area contributed by atoms with E-state index >= 15 is 0 Å². The number of halogens is 2. The molecular formula is C15H13Cl2NOS. The number of nitrogens with one attached hydrogen (secondary N) is 1. The van der Waals surface area contributed by atoms with Crippen molar-refractivity contribution in [1.82, 2.24) is 5.32 Å². The summed E-state index contributed by atoms with van der Waals surface area (Å²) in [5.74, 6) is 0.675. The highest BCUT2D eigenvalue weighted by molar-refractivity contribution is 7.99. The van der Waals surface area contributed by atoms with Gasteiger partial charge in [-0.2, -0.15) is 0 Å². The van der Waals surface area contributed by atoms with Crippen LogP contribution in [0.1, 0.15) is 10.4 Å². The summed E-state index contributed by atoms with van der Waals surface area (Å²) in [7, 11) is 0. The first-order valence-electron chi connectivity index (χ1n) is 6.08. The molecule has 0 bridgehead atoms. The highest BCUT2D eigenvalue weighted by atomic mass is 35.5. The lowest BCUT2D eigenvalue weighted by atomic mass is 10.2. The molecule has 0 saturated carbocycles. The molecule has 5 heteroatoms. The molecule has 20 heavy (non-hydrogen) atoms. The zero-order valence-electron chi connectivity index (χ0n) is 10.6. The smallest absolute Gasteiger partial charge is 0.251 e. The number of benzene rings is 2. The van der Waals surface area contributed by atoms with E-state index in [0.717, 1.165) is 5.75 Å². The second-order valence-electron chi connectivity index (χ2n) is 4.05. The second kappa shape index (κ2) is 7.58. The Morgan fingerprint density at radius 2 is 1.80 bits per heavy atom. The van der Waals surface area contributed by atoms with Gasteiger partial charge < -0.3 is 5.32 Å². The molecule has 0 fully saturated rings. The van der Waals surface area contributed by atoms with Gasteiger partial charge in [0.05, 0.1) is 10.0 Å². The van der Waals surface area contributed by atoms with E-state index in [2.05, 4.69) is 5.32 Å². The molecule has 2 rings (SSSR count). The maximum atomic E-state index is 11.9. The van der Waals surface area contributed by atoms with Gasteiger partial charge in [-0.15, -0.1) is 11.8 Å². The lowest BCUT2D eigenvalue weighted by Crippen LogP contribution is -2.25. The molecular weight excluding hydrogens is 313 g/mol. The molecule has 0 aliphatic rings. The average molecular weight is 326 g/mol. The quantitative estimate of drug-likeness (QED) is 0.647. The molecule has 0 unspecified atom stereocenters. The van der Waals surface area contributed by atoms with Gasteiger partial charge in [0.2, 0.25) is 0 Å². The number of amides is 1. The van der Waals surface area contributed by atoms with Crippen molar-refractivity contribution in [1.29, 1.82) is 0 Å². The van der Waals surface area contributed by atoms with Crippen LogP contribution in [0.4, 0.5) is 0 Å². The van der Waals surface area contributed by atoms with E-state index < -0.39 is 0 Å². The molecule has 0 saturated heterocycles. The van der Waals surface area contributed by atoms with E-state index in [0.29, 0.717) is 22.2 Å². The van der Waals surface area contributed by atoms with Gasteiger partial charge in [-0.1, -0.05) is 41.4 Å². The van der Waals surface area contributed by atoms with E-state index in [1.165, 1.54) is 4.90 Å². The van der Waals surface area contributed by atoms with Gasteiger partial charge in [0.15, 0.2) is 0 Å². The second-order valence-corrected chi connectivity index (χ2v) is 6.03. The van der Waals surface area contributed by atoms with Crippen LogP contribution >= 0.6 is 35.0 Å². The van der Waals surface area contributed by atoms with E-state index in [1.54, 1.807) is 30.0 Å². The Hall–Kier alpha value is -1.16. The maximum absolute atomic E-state index is 11.9. The number of hydrogen-bond acceptors (Lipinski definition) is 2. The first-order chi connectivity index (χ1) is 9.66. The molecule has 0 radical (unpaired) electrons. The fourth-order valence-electron chi connectivity index (χ4n) is 1.59. The predicted octanol–water partition coefficient (Wildman–Crippen LogP) is 4.52. The highest BCUT2D eigenvalue weighted by Gasteiger charge is 2.07. The molecule has 0 aliphatic heterocycles. The molecule has 2 aromatic carbocycles. The number of hydrogen-bond donors (Lipinski definition) is 1. The van der Waals surface area contributed by atoms with Crippen molar-refractivity contribution < 1.29 is 4.79 Å². The van der Waals surface area contributed by atoms with Crippen LogP contribution in [0.25, 0.3) is 0 Å². The molecule has 0 spiro atoms. The zero-order chi connectivity index (χ0) is 14.4. The third-order valence-corrected chi connectivity index (χ3v) is 4.33. The van der Waals surface area contributed by atoms with Gasteiger partial charge >= 0.3 is 0 Å². The van der Waals surface area contributed by atoms with Crippen molar-refractivity contribution in [2.24, 2.45) is 0 Å². The monoisotopic (exact) mass is 325 g/mol. The summed E-state index contributed by atoms with van der Waals surface area (Å²) in [4.78, 5) is 13.1. The van der Waals surface area contributed by atoms with Crippen LogP contribution in [0.3, 0.4) is 0 Å². The van der Waals surface area contributed by atoms with Crippen molar-refractivity contribution in [3.63, 3.8) is 0 Å². The largest absolute Gasteiger partial charge is 0.351 e. The van der Waals surface area contributed by atoms with Crippen LogP contribution in [-0.4, -0.2) is 18.2 Å². The van der Waals surface area contributed by atoms with Crippen LogP contribution in [0.15, 0.2) is 53.4 Å². The van der Waals surface area contributed by atoms with E-state index in [9.17, 15) is 4.79 Å². The number of rotatable bonds is 5. The number of carbonyl (C=O) groups is 1. The summed E-state index contributed by atoms with van der Waals surface area (Å²) in [5.41, 5.74) is 0.518. The maximum Gasteiger partial charge on any atom is 0.251 e. The Morgan fingerprint density at radius 1 is 1.05 bits per heavy atom. The van der Waals surface area contributed by atoms with Crippen LogP contribution in [0.5, 0.6) is 0 Å². The summed E-state index contributed by atoms with van der Waals surface area (Å²) in [6, 6.07) is 14.9. The van der Waals surface area contributed by atoms with Crippen LogP contribution < -0.4 is 5.32 Å². The summed E-state index contributed by atoms with van der Waals surface area (Å²) < 4.78 is 0. The Labute approximate surface area is 132 Å². The Kier molecular flexibility index (Phi) is 5.77. The van der Waals surface area contributed by atoms with Gasteiger partial charge in [-0.25, -0.2) is 0 Å². The van der Waals surface area contributed by atoms with Crippen molar-refractivity contribution >= 4 is 40.9 Å². The molecule has 0 heterocycles. The van der Waals surface area contributed by atoms with Crippen molar-refractivity contribution in [3.05, 3.63) is 64.1 Å². The minimum atomic E-state index is -0.141. The molecule has 1 amide bonds. The summed E-state index contributed by atoms with van der Waals surface area (Å²) in [5, 5.41) is 3.69. The SMILES string of the molecule is O=C(NCCSc1ccccc1)c1ccc(Cl)c(Cl)c1. The normalized spacial score (nSPS) is 10.3. The van der Waals surface area contributed by atoms with Gasteiger partial charge in [0.1, 0.15) is 0 Å². The summed E-state index contributed by atoms with van der Waals surface area (Å²) in [6.07, 6.45) is 0. The van der Waals surface area contributed by atoms with E-state index in [-0.39, 0.29) is 5.91 Å². The first-order valence-corrected chi connectivity index (χ1v) is 7.82. The third-order valence-electron chi connectivity index (χ3n) is 2.58. The topological polar surface area (TPSA) is 29.1 Å². The minimum Gasteiger partial charge on any atom is -0.351 e. The van der Waals surface area contributed by atoms with Crippen molar-refractivity contribution in [3.8, 4) is 0 Å². The molecule has 104 valence electrons. The molecule has 2 nitrogen and oxygen atoms in total. The summed E-state index contributed by atoms with van der Waals surface area (Å²) in [6.45, 7) is 0.596. The predicted molar refractivity (Wildman–Crippen MR) is 86.0 cm³/mol. The molecule has 1 N–H and O–H groups in total. The Morgan fingerprint density at radius 3 is 2.50 bits per heavy atom. The fourth-order valence-corrected chi connectivity index (χ4v) is 2.68. The van der Waals surface area contributed by atoms with Crippen molar-refractivity contribution in [2.45, 2.75) is 4.90 Å². The van der Waals surface area contributed by atoms with Gasteiger partial charge in [-0.05, 0) is 30.3 Å². The molecule has 2 aromatic rings.